The Morgan fingerprint density at radius 2 is 2.12 bits per heavy atom. The van der Waals surface area contributed by atoms with Gasteiger partial charge in [0, 0.05) is 5.56 Å². The molecule has 1 aromatic carbocycles. The molecule has 1 heterocycles. The molecule has 2 rings (SSSR count). The van der Waals surface area contributed by atoms with Crippen LogP contribution in [0.4, 0.5) is 0 Å². The maximum atomic E-state index is 11.1. The summed E-state index contributed by atoms with van der Waals surface area (Å²) in [5, 5.41) is 1.41. The Hall–Kier alpha value is -1.32. The highest BCUT2D eigenvalue weighted by Gasteiger charge is 2.11. The summed E-state index contributed by atoms with van der Waals surface area (Å²) >= 11 is 6.81. The van der Waals surface area contributed by atoms with Crippen molar-refractivity contribution < 1.29 is 9.53 Å². The van der Waals surface area contributed by atoms with E-state index >= 15 is 0 Å². The van der Waals surface area contributed by atoms with Gasteiger partial charge in [-0.2, -0.15) is 0 Å². The maximum Gasteiger partial charge on any atom is 0.262 e. The van der Waals surface area contributed by atoms with Crippen LogP contribution in [0, 0.1) is 6.92 Å². The lowest BCUT2D eigenvalue weighted by Gasteiger charge is -2.08. The van der Waals surface area contributed by atoms with E-state index in [1.165, 1.54) is 11.3 Å². The second kappa shape index (κ2) is 5.34. The normalized spacial score (nSPS) is 10.2. The molecule has 0 atom stereocenters. The van der Waals surface area contributed by atoms with E-state index in [-0.39, 0.29) is 0 Å². The van der Waals surface area contributed by atoms with E-state index in [0.717, 1.165) is 16.9 Å². The van der Waals surface area contributed by atoms with E-state index in [1.807, 2.05) is 42.6 Å². The molecule has 1 aromatic heterocycles. The number of hydrogen-bond donors (Lipinski definition) is 0. The van der Waals surface area contributed by atoms with Crippen LogP contribution in [0.1, 0.15) is 20.8 Å². The molecule has 0 spiro atoms. The molecule has 0 aliphatic rings. The Balaban J connectivity index is 2.10. The molecule has 2 aromatic rings. The van der Waals surface area contributed by atoms with Gasteiger partial charge in [0.25, 0.3) is 5.24 Å². The highest BCUT2D eigenvalue weighted by atomic mass is 35.5. The third-order valence-corrected chi connectivity index (χ3v) is 3.66. The number of para-hydroxylation sites is 1. The molecule has 0 amide bonds. The second-order valence-electron chi connectivity index (χ2n) is 3.60. The average molecular weight is 267 g/mol. The summed E-state index contributed by atoms with van der Waals surface area (Å²) in [4.78, 5) is 11.7. The summed E-state index contributed by atoms with van der Waals surface area (Å²) in [6.45, 7) is 2.35. The Labute approximate surface area is 109 Å². The predicted molar refractivity (Wildman–Crippen MR) is 70.0 cm³/mol. The van der Waals surface area contributed by atoms with Crippen molar-refractivity contribution in [3.63, 3.8) is 0 Å². The molecule has 88 valence electrons. The first kappa shape index (κ1) is 12.1. The summed E-state index contributed by atoms with van der Waals surface area (Å²) in [6.07, 6.45) is 0. The smallest absolute Gasteiger partial charge is 0.262 e. The van der Waals surface area contributed by atoms with Crippen LogP contribution in [0.25, 0.3) is 0 Å². The SMILES string of the molecule is Cc1ccccc1OCc1ccsc1C(=O)Cl. The summed E-state index contributed by atoms with van der Waals surface area (Å²) in [5.74, 6) is 0.826. The molecule has 0 saturated carbocycles. The van der Waals surface area contributed by atoms with E-state index < -0.39 is 5.24 Å². The fraction of sp³-hybridized carbons (Fsp3) is 0.154. The lowest BCUT2D eigenvalue weighted by Crippen LogP contribution is -1.99. The van der Waals surface area contributed by atoms with E-state index in [9.17, 15) is 4.79 Å². The van der Waals surface area contributed by atoms with Crippen molar-refractivity contribution in [3.8, 4) is 5.75 Å². The standard InChI is InChI=1S/C13H11ClO2S/c1-9-4-2-3-5-11(9)16-8-10-6-7-17-12(10)13(14)15/h2-7H,8H2,1H3. The number of carbonyl (C=O) groups is 1. The van der Waals surface area contributed by atoms with Crippen LogP contribution in [0.2, 0.25) is 0 Å². The van der Waals surface area contributed by atoms with Gasteiger partial charge in [0.1, 0.15) is 12.4 Å². The Bertz CT molecular complexity index is 534. The van der Waals surface area contributed by atoms with Crippen LogP contribution >= 0.6 is 22.9 Å². The molecular weight excluding hydrogens is 256 g/mol. The van der Waals surface area contributed by atoms with Gasteiger partial charge in [-0.1, -0.05) is 18.2 Å². The molecule has 0 saturated heterocycles. The molecule has 0 N–H and O–H groups in total. The summed E-state index contributed by atoms with van der Waals surface area (Å²) in [6, 6.07) is 9.63. The van der Waals surface area contributed by atoms with Crippen molar-refractivity contribution in [1.29, 1.82) is 0 Å². The molecular formula is C13H11ClO2S. The van der Waals surface area contributed by atoms with Gasteiger partial charge < -0.3 is 4.74 Å². The maximum absolute atomic E-state index is 11.1. The highest BCUT2D eigenvalue weighted by Crippen LogP contribution is 2.22. The van der Waals surface area contributed by atoms with Gasteiger partial charge in [-0.05, 0) is 41.6 Å². The fourth-order valence-corrected chi connectivity index (χ4v) is 2.49. The van der Waals surface area contributed by atoms with Gasteiger partial charge in [0.15, 0.2) is 0 Å². The van der Waals surface area contributed by atoms with Crippen LogP contribution in [0.15, 0.2) is 35.7 Å². The van der Waals surface area contributed by atoms with Crippen LogP contribution < -0.4 is 4.74 Å². The largest absolute Gasteiger partial charge is 0.489 e. The second-order valence-corrected chi connectivity index (χ2v) is 4.86. The van der Waals surface area contributed by atoms with Gasteiger partial charge in [0.05, 0.1) is 4.88 Å². The number of hydrogen-bond acceptors (Lipinski definition) is 3. The minimum absolute atomic E-state index is 0.363. The minimum Gasteiger partial charge on any atom is -0.489 e. The molecule has 2 nitrogen and oxygen atoms in total. The molecule has 0 fully saturated rings. The topological polar surface area (TPSA) is 26.3 Å². The zero-order chi connectivity index (χ0) is 12.3. The van der Waals surface area contributed by atoms with Crippen LogP contribution in [-0.4, -0.2) is 5.24 Å². The van der Waals surface area contributed by atoms with Gasteiger partial charge in [0.2, 0.25) is 0 Å². The molecule has 0 aliphatic heterocycles. The molecule has 0 unspecified atom stereocenters. The molecule has 0 aliphatic carbocycles. The van der Waals surface area contributed by atoms with Crippen molar-refractivity contribution >= 4 is 28.2 Å². The lowest BCUT2D eigenvalue weighted by molar-refractivity contribution is 0.108. The minimum atomic E-state index is -0.427. The molecule has 17 heavy (non-hydrogen) atoms. The summed E-state index contributed by atoms with van der Waals surface area (Å²) < 4.78 is 5.67. The molecule has 0 bridgehead atoms. The molecule has 4 heteroatoms. The number of aryl methyl sites for hydroxylation is 1. The number of benzene rings is 1. The third kappa shape index (κ3) is 2.87. The van der Waals surface area contributed by atoms with E-state index in [2.05, 4.69) is 0 Å². The first-order valence-corrected chi connectivity index (χ1v) is 6.39. The zero-order valence-corrected chi connectivity index (χ0v) is 10.8. The van der Waals surface area contributed by atoms with Crippen molar-refractivity contribution in [3.05, 3.63) is 51.7 Å². The van der Waals surface area contributed by atoms with Crippen molar-refractivity contribution in [2.75, 3.05) is 0 Å². The van der Waals surface area contributed by atoms with Crippen LogP contribution in [0.5, 0.6) is 5.75 Å². The van der Waals surface area contributed by atoms with Gasteiger partial charge >= 0.3 is 0 Å². The van der Waals surface area contributed by atoms with E-state index in [1.54, 1.807) is 0 Å². The first-order valence-electron chi connectivity index (χ1n) is 5.13. The van der Waals surface area contributed by atoms with Crippen LogP contribution in [-0.2, 0) is 6.61 Å². The number of carbonyl (C=O) groups excluding carboxylic acids is 1. The van der Waals surface area contributed by atoms with Crippen molar-refractivity contribution in [2.24, 2.45) is 0 Å². The lowest BCUT2D eigenvalue weighted by atomic mass is 10.2. The molecule has 0 radical (unpaired) electrons. The monoisotopic (exact) mass is 266 g/mol. The van der Waals surface area contributed by atoms with Crippen molar-refractivity contribution in [1.82, 2.24) is 0 Å². The Kier molecular flexibility index (Phi) is 3.82. The number of halogens is 1. The van der Waals surface area contributed by atoms with E-state index in [0.29, 0.717) is 11.5 Å². The summed E-state index contributed by atoms with van der Waals surface area (Å²) in [7, 11) is 0. The Morgan fingerprint density at radius 3 is 2.82 bits per heavy atom. The number of ether oxygens (including phenoxy) is 1. The number of rotatable bonds is 4. The first-order chi connectivity index (χ1) is 8.18. The summed E-state index contributed by atoms with van der Waals surface area (Å²) in [5.41, 5.74) is 1.90. The number of thiophene rings is 1. The van der Waals surface area contributed by atoms with Gasteiger partial charge in [-0.15, -0.1) is 11.3 Å². The average Bonchev–Trinajstić information content (AvgIpc) is 2.76. The zero-order valence-electron chi connectivity index (χ0n) is 9.27. The fourth-order valence-electron chi connectivity index (χ4n) is 1.50. The van der Waals surface area contributed by atoms with Crippen LogP contribution in [0.3, 0.4) is 0 Å². The highest BCUT2D eigenvalue weighted by molar-refractivity contribution is 7.14. The van der Waals surface area contributed by atoms with E-state index in [4.69, 9.17) is 16.3 Å². The Morgan fingerprint density at radius 1 is 1.35 bits per heavy atom. The predicted octanol–water partition coefficient (Wildman–Crippen LogP) is 4.01. The third-order valence-electron chi connectivity index (χ3n) is 2.40. The van der Waals surface area contributed by atoms with Gasteiger partial charge in [-0.25, -0.2) is 0 Å². The van der Waals surface area contributed by atoms with Gasteiger partial charge in [-0.3, -0.25) is 4.79 Å². The van der Waals surface area contributed by atoms with Crippen molar-refractivity contribution in [2.45, 2.75) is 13.5 Å². The quantitative estimate of drug-likeness (QED) is 0.782.